The predicted molar refractivity (Wildman–Crippen MR) is 128 cm³/mol. The number of hydrogen-bond donors (Lipinski definition) is 0. The third-order valence-corrected chi connectivity index (χ3v) is 7.25. The summed E-state index contributed by atoms with van der Waals surface area (Å²) in [5.74, 6) is 0. The molecule has 9 heteroatoms. The van der Waals surface area contributed by atoms with Crippen molar-refractivity contribution in [1.82, 2.24) is 14.7 Å². The minimum atomic E-state index is -4.36. The molecule has 0 atom stereocenters. The van der Waals surface area contributed by atoms with Gasteiger partial charge in [0.1, 0.15) is 0 Å². The SMILES string of the molecule is CN1CCN(c2ccc(C(F)(F)F)c(CN3CCN(Cc4ccc(Cl)c(Cl)c4)CC3)c2)CC1. The number of likely N-dealkylation sites (N-methyl/N-ethyl adjacent to an activating group) is 1. The highest BCUT2D eigenvalue weighted by molar-refractivity contribution is 6.42. The molecule has 0 aromatic heterocycles. The van der Waals surface area contributed by atoms with E-state index in [9.17, 15) is 13.2 Å². The zero-order valence-electron chi connectivity index (χ0n) is 18.7. The smallest absolute Gasteiger partial charge is 0.369 e. The van der Waals surface area contributed by atoms with E-state index in [0.717, 1.165) is 70.2 Å². The highest BCUT2D eigenvalue weighted by Gasteiger charge is 2.34. The first-order chi connectivity index (χ1) is 15.7. The van der Waals surface area contributed by atoms with Crippen LogP contribution in [-0.2, 0) is 19.3 Å². The van der Waals surface area contributed by atoms with Crippen molar-refractivity contribution in [2.24, 2.45) is 0 Å². The van der Waals surface area contributed by atoms with E-state index in [1.807, 2.05) is 12.1 Å². The van der Waals surface area contributed by atoms with Crippen LogP contribution in [0.4, 0.5) is 18.9 Å². The lowest BCUT2D eigenvalue weighted by atomic mass is 10.0. The summed E-state index contributed by atoms with van der Waals surface area (Å²) < 4.78 is 41.2. The van der Waals surface area contributed by atoms with Crippen molar-refractivity contribution in [3.05, 3.63) is 63.1 Å². The number of anilines is 1. The van der Waals surface area contributed by atoms with Crippen LogP contribution in [0.2, 0.25) is 10.0 Å². The minimum Gasteiger partial charge on any atom is -0.369 e. The monoisotopic (exact) mass is 500 g/mol. The van der Waals surface area contributed by atoms with E-state index in [4.69, 9.17) is 23.2 Å². The maximum atomic E-state index is 13.7. The second kappa shape index (κ2) is 10.4. The van der Waals surface area contributed by atoms with Gasteiger partial charge in [-0.3, -0.25) is 9.80 Å². The maximum Gasteiger partial charge on any atom is 0.416 e. The molecule has 0 unspecified atom stereocenters. The summed E-state index contributed by atoms with van der Waals surface area (Å²) in [6, 6.07) is 10.2. The molecule has 0 amide bonds. The summed E-state index contributed by atoms with van der Waals surface area (Å²) in [5.41, 5.74) is 1.79. The number of rotatable bonds is 5. The van der Waals surface area contributed by atoms with Crippen LogP contribution in [0, 0.1) is 0 Å². The quantitative estimate of drug-likeness (QED) is 0.567. The average molecular weight is 501 g/mol. The molecular weight excluding hydrogens is 472 g/mol. The Morgan fingerprint density at radius 2 is 1.39 bits per heavy atom. The van der Waals surface area contributed by atoms with Gasteiger partial charge in [0.2, 0.25) is 0 Å². The van der Waals surface area contributed by atoms with Gasteiger partial charge in [-0.15, -0.1) is 0 Å². The van der Waals surface area contributed by atoms with Crippen molar-refractivity contribution in [1.29, 1.82) is 0 Å². The standard InChI is InChI=1S/C24H29Cl2F3N4/c1-30-6-12-33(13-7-30)20-3-4-21(24(27,28)29)19(15-20)17-32-10-8-31(9-11-32)16-18-2-5-22(25)23(26)14-18/h2-5,14-15H,6-13,16-17H2,1H3. The molecule has 2 fully saturated rings. The molecule has 180 valence electrons. The first-order valence-electron chi connectivity index (χ1n) is 11.2. The second-order valence-corrected chi connectivity index (χ2v) is 9.74. The van der Waals surface area contributed by atoms with Crippen molar-refractivity contribution in [3.8, 4) is 0 Å². The van der Waals surface area contributed by atoms with E-state index in [1.54, 1.807) is 18.2 Å². The highest BCUT2D eigenvalue weighted by Crippen LogP contribution is 2.35. The van der Waals surface area contributed by atoms with Crippen LogP contribution >= 0.6 is 23.2 Å². The van der Waals surface area contributed by atoms with E-state index >= 15 is 0 Å². The Morgan fingerprint density at radius 1 is 0.758 bits per heavy atom. The molecule has 0 saturated carbocycles. The minimum absolute atomic E-state index is 0.303. The summed E-state index contributed by atoms with van der Waals surface area (Å²) in [7, 11) is 2.07. The van der Waals surface area contributed by atoms with Crippen LogP contribution < -0.4 is 4.90 Å². The Bertz CT molecular complexity index is 953. The molecule has 4 nitrogen and oxygen atoms in total. The number of benzene rings is 2. The van der Waals surface area contributed by atoms with Gasteiger partial charge in [0, 0.05) is 71.1 Å². The Labute approximate surface area is 203 Å². The zero-order chi connectivity index (χ0) is 23.6. The number of halogens is 5. The molecule has 4 rings (SSSR count). The Hall–Kier alpha value is -1.51. The Kier molecular flexibility index (Phi) is 7.76. The third kappa shape index (κ3) is 6.34. The van der Waals surface area contributed by atoms with E-state index in [2.05, 4.69) is 26.6 Å². The molecule has 0 aliphatic carbocycles. The van der Waals surface area contributed by atoms with Gasteiger partial charge in [-0.25, -0.2) is 0 Å². The van der Waals surface area contributed by atoms with E-state index in [1.165, 1.54) is 6.07 Å². The summed E-state index contributed by atoms with van der Waals surface area (Å²) in [5, 5.41) is 1.07. The first kappa shape index (κ1) is 24.6. The van der Waals surface area contributed by atoms with Gasteiger partial charge >= 0.3 is 6.18 Å². The van der Waals surface area contributed by atoms with Crippen molar-refractivity contribution >= 4 is 28.9 Å². The summed E-state index contributed by atoms with van der Waals surface area (Å²) in [6.45, 7) is 7.56. The topological polar surface area (TPSA) is 13.0 Å². The Balaban J connectivity index is 1.41. The molecule has 0 spiro atoms. The lowest BCUT2D eigenvalue weighted by Gasteiger charge is -2.36. The van der Waals surface area contributed by atoms with Crippen molar-refractivity contribution < 1.29 is 13.2 Å². The zero-order valence-corrected chi connectivity index (χ0v) is 20.2. The lowest BCUT2D eigenvalue weighted by Crippen LogP contribution is -2.45. The van der Waals surface area contributed by atoms with Gasteiger partial charge in [-0.05, 0) is 48.5 Å². The molecule has 2 aliphatic heterocycles. The number of alkyl halides is 3. The lowest BCUT2D eigenvalue weighted by molar-refractivity contribution is -0.138. The van der Waals surface area contributed by atoms with Gasteiger partial charge in [0.05, 0.1) is 15.6 Å². The van der Waals surface area contributed by atoms with Gasteiger partial charge in [-0.2, -0.15) is 13.2 Å². The van der Waals surface area contributed by atoms with Crippen LogP contribution in [-0.4, -0.2) is 74.1 Å². The predicted octanol–water partition coefficient (Wildman–Crippen LogP) is 5.08. The second-order valence-electron chi connectivity index (χ2n) is 8.93. The molecule has 0 radical (unpaired) electrons. The molecule has 2 aromatic carbocycles. The molecule has 0 bridgehead atoms. The van der Waals surface area contributed by atoms with E-state index in [0.29, 0.717) is 22.2 Å². The number of hydrogen-bond acceptors (Lipinski definition) is 4. The van der Waals surface area contributed by atoms with E-state index < -0.39 is 11.7 Å². The van der Waals surface area contributed by atoms with Gasteiger partial charge in [0.15, 0.2) is 0 Å². The first-order valence-corrected chi connectivity index (χ1v) is 12.0. The molecule has 33 heavy (non-hydrogen) atoms. The number of piperazine rings is 2. The normalized spacial score (nSPS) is 19.3. The molecule has 2 aromatic rings. The average Bonchev–Trinajstić information content (AvgIpc) is 2.77. The Morgan fingerprint density at radius 3 is 2.00 bits per heavy atom. The van der Waals surface area contributed by atoms with Crippen molar-refractivity contribution in [2.75, 3.05) is 64.3 Å². The fourth-order valence-corrected chi connectivity index (χ4v) is 4.81. The van der Waals surface area contributed by atoms with Gasteiger partial charge < -0.3 is 9.80 Å². The fraction of sp³-hybridized carbons (Fsp3) is 0.500. The van der Waals surface area contributed by atoms with Crippen molar-refractivity contribution in [3.63, 3.8) is 0 Å². The molecule has 0 N–H and O–H groups in total. The third-order valence-electron chi connectivity index (χ3n) is 6.51. The molecular formula is C24H29Cl2F3N4. The highest BCUT2D eigenvalue weighted by atomic mass is 35.5. The molecule has 2 heterocycles. The van der Waals surface area contributed by atoms with Crippen LogP contribution in [0.1, 0.15) is 16.7 Å². The summed E-state index contributed by atoms with van der Waals surface area (Å²) in [4.78, 5) is 8.82. The van der Waals surface area contributed by atoms with Gasteiger partial charge in [0.25, 0.3) is 0 Å². The van der Waals surface area contributed by atoms with Crippen LogP contribution in [0.3, 0.4) is 0 Å². The van der Waals surface area contributed by atoms with E-state index in [-0.39, 0.29) is 0 Å². The fourth-order valence-electron chi connectivity index (χ4n) is 4.49. The molecule has 2 saturated heterocycles. The van der Waals surface area contributed by atoms with Crippen LogP contribution in [0.15, 0.2) is 36.4 Å². The number of nitrogens with zero attached hydrogens (tertiary/aromatic N) is 4. The van der Waals surface area contributed by atoms with Crippen molar-refractivity contribution in [2.45, 2.75) is 19.3 Å². The largest absolute Gasteiger partial charge is 0.416 e. The van der Waals surface area contributed by atoms with Crippen LogP contribution in [0.5, 0.6) is 0 Å². The van der Waals surface area contributed by atoms with Crippen LogP contribution in [0.25, 0.3) is 0 Å². The maximum absolute atomic E-state index is 13.7. The molecule has 2 aliphatic rings. The summed E-state index contributed by atoms with van der Waals surface area (Å²) in [6.07, 6.45) is -4.36. The summed E-state index contributed by atoms with van der Waals surface area (Å²) >= 11 is 12.1. The van der Waals surface area contributed by atoms with Gasteiger partial charge in [-0.1, -0.05) is 29.3 Å².